The van der Waals surface area contributed by atoms with Gasteiger partial charge >= 0.3 is 11.9 Å². The van der Waals surface area contributed by atoms with Crippen molar-refractivity contribution in [1.82, 2.24) is 0 Å². The molecule has 144 valence electrons. The molecule has 1 aromatic heterocycles. The highest BCUT2D eigenvalue weighted by molar-refractivity contribution is 7.18. The Labute approximate surface area is 157 Å². The quantitative estimate of drug-likeness (QED) is 0.726. The van der Waals surface area contributed by atoms with Gasteiger partial charge in [-0.1, -0.05) is 6.42 Å². The van der Waals surface area contributed by atoms with Crippen LogP contribution in [0, 0.1) is 6.92 Å². The Kier molecular flexibility index (Phi) is 7.16. The monoisotopic (exact) mass is 383 g/mol. The van der Waals surface area contributed by atoms with Crippen LogP contribution in [0.3, 0.4) is 0 Å². The van der Waals surface area contributed by atoms with E-state index in [1.807, 2.05) is 7.05 Å². The molecule has 2 rings (SSSR count). The number of nitrogens with one attached hydrogen (secondary N) is 2. The molecule has 0 radical (unpaired) electrons. The first kappa shape index (κ1) is 20.4. The minimum atomic E-state index is -0.586. The van der Waals surface area contributed by atoms with Crippen LogP contribution in [0.2, 0.25) is 0 Å². The summed E-state index contributed by atoms with van der Waals surface area (Å²) in [5, 5.41) is 3.12. The maximum Gasteiger partial charge on any atom is 0.348 e. The Balaban J connectivity index is 2.15. The molecule has 1 atom stereocenters. The first-order valence-electron chi connectivity index (χ1n) is 8.81. The van der Waals surface area contributed by atoms with E-state index in [-0.39, 0.29) is 16.3 Å². The van der Waals surface area contributed by atoms with E-state index in [0.717, 1.165) is 24.2 Å². The number of quaternary nitrogens is 1. The van der Waals surface area contributed by atoms with Gasteiger partial charge in [-0.3, -0.25) is 4.79 Å². The minimum absolute atomic E-state index is 0.184. The van der Waals surface area contributed by atoms with Crippen LogP contribution in [-0.2, 0) is 14.3 Å². The first-order valence-corrected chi connectivity index (χ1v) is 9.62. The van der Waals surface area contributed by atoms with Crippen LogP contribution in [0.15, 0.2) is 0 Å². The number of hydrogen-bond acceptors (Lipinski definition) is 6. The van der Waals surface area contributed by atoms with Crippen LogP contribution in [0.25, 0.3) is 0 Å². The lowest BCUT2D eigenvalue weighted by atomic mass is 9.94. The molecular formula is C18H27N2O5S+. The predicted molar refractivity (Wildman–Crippen MR) is 99.0 cm³/mol. The zero-order chi connectivity index (χ0) is 19.3. The van der Waals surface area contributed by atoms with Gasteiger partial charge in [-0.15, -0.1) is 11.3 Å². The number of anilines is 1. The number of thiophene rings is 1. The second-order valence-electron chi connectivity index (χ2n) is 6.65. The van der Waals surface area contributed by atoms with Gasteiger partial charge in [-0.25, -0.2) is 9.59 Å². The van der Waals surface area contributed by atoms with Crippen molar-refractivity contribution in [2.75, 3.05) is 33.1 Å². The molecule has 1 aromatic rings. The maximum atomic E-state index is 12.5. The Bertz CT molecular complexity index is 679. The summed E-state index contributed by atoms with van der Waals surface area (Å²) in [4.78, 5) is 38.0. The summed E-state index contributed by atoms with van der Waals surface area (Å²) >= 11 is 1.04. The second kappa shape index (κ2) is 9.14. The molecule has 1 amide bonds. The summed E-state index contributed by atoms with van der Waals surface area (Å²) in [6, 6.07) is 0.491. The normalized spacial score (nSPS) is 16.0. The lowest BCUT2D eigenvalue weighted by Gasteiger charge is -2.27. The van der Waals surface area contributed by atoms with Gasteiger partial charge in [0.05, 0.1) is 32.9 Å². The average molecular weight is 383 g/mol. The molecular weight excluding hydrogens is 356 g/mol. The Morgan fingerprint density at radius 3 is 2.31 bits per heavy atom. The molecule has 1 aliphatic rings. The SMILES string of the molecule is COC(=O)c1sc(NC(=O)C[NH+](C)C2CCCCC2)c(C(=O)OC)c1C. The molecule has 1 saturated carbocycles. The van der Waals surface area contributed by atoms with Crippen LogP contribution in [0.1, 0.15) is 57.7 Å². The summed E-state index contributed by atoms with van der Waals surface area (Å²) < 4.78 is 9.55. The van der Waals surface area contributed by atoms with Crippen molar-refractivity contribution in [3.05, 3.63) is 16.0 Å². The lowest BCUT2D eigenvalue weighted by molar-refractivity contribution is -0.899. The Hall–Kier alpha value is -1.93. The van der Waals surface area contributed by atoms with Crippen LogP contribution in [0.4, 0.5) is 5.00 Å². The van der Waals surface area contributed by atoms with Crippen molar-refractivity contribution in [3.8, 4) is 0 Å². The number of hydrogen-bond donors (Lipinski definition) is 2. The molecule has 0 aliphatic heterocycles. The van der Waals surface area contributed by atoms with Gasteiger partial charge in [-0.2, -0.15) is 0 Å². The number of esters is 2. The summed E-state index contributed by atoms with van der Waals surface area (Å²) in [6.07, 6.45) is 5.96. The van der Waals surface area contributed by atoms with Gasteiger partial charge in [0, 0.05) is 0 Å². The average Bonchev–Trinajstić information content (AvgIpc) is 2.96. The van der Waals surface area contributed by atoms with Crippen molar-refractivity contribution in [3.63, 3.8) is 0 Å². The highest BCUT2D eigenvalue weighted by Gasteiger charge is 2.28. The summed E-state index contributed by atoms with van der Waals surface area (Å²) in [7, 11) is 4.57. The van der Waals surface area contributed by atoms with E-state index >= 15 is 0 Å². The van der Waals surface area contributed by atoms with Gasteiger partial charge < -0.3 is 19.7 Å². The van der Waals surface area contributed by atoms with E-state index in [4.69, 9.17) is 9.47 Å². The van der Waals surface area contributed by atoms with Crippen molar-refractivity contribution in [1.29, 1.82) is 0 Å². The number of likely N-dealkylation sites (N-methyl/N-ethyl adjacent to an activating group) is 1. The fraction of sp³-hybridized carbons (Fsp3) is 0.611. The second-order valence-corrected chi connectivity index (χ2v) is 7.67. The smallest absolute Gasteiger partial charge is 0.348 e. The molecule has 0 spiro atoms. The zero-order valence-corrected chi connectivity index (χ0v) is 16.6. The third-order valence-corrected chi connectivity index (χ3v) is 6.09. The van der Waals surface area contributed by atoms with Crippen LogP contribution in [0.5, 0.6) is 0 Å². The molecule has 0 bridgehead atoms. The number of rotatable bonds is 6. The molecule has 1 unspecified atom stereocenters. The fourth-order valence-electron chi connectivity index (χ4n) is 3.40. The first-order chi connectivity index (χ1) is 12.4. The highest BCUT2D eigenvalue weighted by Crippen LogP contribution is 2.34. The number of carbonyl (C=O) groups is 3. The molecule has 1 heterocycles. The summed E-state index contributed by atoms with van der Waals surface area (Å²) in [6.45, 7) is 1.96. The largest absolute Gasteiger partial charge is 0.465 e. The standard InChI is InChI=1S/C18H26N2O5S/c1-11-14(17(22)24-3)16(26-15(11)18(23)25-4)19-13(21)10-20(2)12-8-6-5-7-9-12/h12H,5-10H2,1-4H3,(H,19,21)/p+1. The van der Waals surface area contributed by atoms with Crippen LogP contribution in [-0.4, -0.2) is 51.7 Å². The van der Waals surface area contributed by atoms with Crippen molar-refractivity contribution >= 4 is 34.2 Å². The fourth-order valence-corrected chi connectivity index (χ4v) is 4.53. The van der Waals surface area contributed by atoms with Gasteiger partial charge in [0.25, 0.3) is 5.91 Å². The Morgan fingerprint density at radius 2 is 1.73 bits per heavy atom. The maximum absolute atomic E-state index is 12.5. The molecule has 0 aromatic carbocycles. The van der Waals surface area contributed by atoms with Gasteiger partial charge in [-0.05, 0) is 38.2 Å². The van der Waals surface area contributed by atoms with Crippen molar-refractivity contribution in [2.45, 2.75) is 45.1 Å². The van der Waals surface area contributed by atoms with Crippen molar-refractivity contribution < 1.29 is 28.8 Å². The molecule has 1 aliphatic carbocycles. The number of ether oxygens (including phenoxy) is 2. The topological polar surface area (TPSA) is 86.1 Å². The van der Waals surface area contributed by atoms with E-state index < -0.39 is 11.9 Å². The summed E-state index contributed by atoms with van der Waals surface area (Å²) in [5.74, 6) is -1.31. The molecule has 2 N–H and O–H groups in total. The van der Waals surface area contributed by atoms with E-state index in [1.165, 1.54) is 38.4 Å². The molecule has 1 fully saturated rings. The number of amides is 1. The third kappa shape index (κ3) is 4.62. The Morgan fingerprint density at radius 1 is 1.12 bits per heavy atom. The number of carbonyl (C=O) groups excluding carboxylic acids is 3. The van der Waals surface area contributed by atoms with Crippen LogP contribution >= 0.6 is 11.3 Å². The van der Waals surface area contributed by atoms with E-state index in [1.54, 1.807) is 6.92 Å². The molecule has 8 heteroatoms. The van der Waals surface area contributed by atoms with Crippen LogP contribution < -0.4 is 10.2 Å². The minimum Gasteiger partial charge on any atom is -0.465 e. The zero-order valence-electron chi connectivity index (χ0n) is 15.8. The lowest BCUT2D eigenvalue weighted by Crippen LogP contribution is -3.14. The molecule has 7 nitrogen and oxygen atoms in total. The van der Waals surface area contributed by atoms with Crippen molar-refractivity contribution in [2.24, 2.45) is 0 Å². The predicted octanol–water partition coefficient (Wildman–Crippen LogP) is 1.42. The van der Waals surface area contributed by atoms with E-state index in [2.05, 4.69) is 5.32 Å². The third-order valence-electron chi connectivity index (χ3n) is 4.90. The molecule has 0 saturated heterocycles. The van der Waals surface area contributed by atoms with E-state index in [0.29, 0.717) is 23.2 Å². The van der Waals surface area contributed by atoms with E-state index in [9.17, 15) is 14.4 Å². The summed E-state index contributed by atoms with van der Waals surface area (Å²) in [5.41, 5.74) is 0.665. The number of methoxy groups -OCH3 is 2. The van der Waals surface area contributed by atoms with Gasteiger partial charge in [0.15, 0.2) is 6.54 Å². The highest BCUT2D eigenvalue weighted by atomic mass is 32.1. The van der Waals surface area contributed by atoms with Gasteiger partial charge in [0.1, 0.15) is 9.88 Å². The molecule has 26 heavy (non-hydrogen) atoms. The van der Waals surface area contributed by atoms with Gasteiger partial charge in [0.2, 0.25) is 0 Å².